The summed E-state index contributed by atoms with van der Waals surface area (Å²) >= 11 is 0. The van der Waals surface area contributed by atoms with Gasteiger partial charge < -0.3 is 9.64 Å². The third-order valence-corrected chi connectivity index (χ3v) is 7.03. The zero-order valence-corrected chi connectivity index (χ0v) is 16.6. The molecule has 0 aromatic heterocycles. The topological polar surface area (TPSA) is 66.9 Å². The molecule has 2 aliphatic heterocycles. The molecule has 2 fully saturated rings. The Morgan fingerprint density at radius 1 is 1.08 bits per heavy atom. The third-order valence-electron chi connectivity index (χ3n) is 5.11. The van der Waals surface area contributed by atoms with Crippen molar-refractivity contribution < 1.29 is 17.9 Å². The van der Waals surface area contributed by atoms with E-state index in [9.17, 15) is 13.2 Å². The monoisotopic (exact) mass is 380 g/mol. The van der Waals surface area contributed by atoms with Crippen molar-refractivity contribution in [2.45, 2.75) is 50.0 Å². The van der Waals surface area contributed by atoms with E-state index in [1.54, 1.807) is 17.0 Å². The van der Waals surface area contributed by atoms with Crippen LogP contribution in [0, 0.1) is 0 Å². The highest BCUT2D eigenvalue weighted by Crippen LogP contribution is 2.25. The van der Waals surface area contributed by atoms with Gasteiger partial charge in [-0.25, -0.2) is 8.42 Å². The van der Waals surface area contributed by atoms with Crippen molar-refractivity contribution in [2.24, 2.45) is 0 Å². The zero-order chi connectivity index (χ0) is 18.9. The van der Waals surface area contributed by atoms with Crippen molar-refractivity contribution in [3.63, 3.8) is 0 Å². The van der Waals surface area contributed by atoms with Crippen LogP contribution in [0.4, 0.5) is 0 Å². The number of benzene rings is 1. The molecule has 0 spiro atoms. The van der Waals surface area contributed by atoms with Gasteiger partial charge in [-0.05, 0) is 36.0 Å². The molecule has 0 aliphatic carbocycles. The molecule has 1 aromatic carbocycles. The number of carbonyl (C=O) groups excluding carboxylic acids is 1. The maximum atomic E-state index is 12.9. The van der Waals surface area contributed by atoms with Gasteiger partial charge in [-0.2, -0.15) is 4.31 Å². The van der Waals surface area contributed by atoms with Crippen LogP contribution in [0.15, 0.2) is 29.2 Å². The van der Waals surface area contributed by atoms with E-state index in [1.165, 1.54) is 4.31 Å². The van der Waals surface area contributed by atoms with Crippen molar-refractivity contribution in [1.29, 1.82) is 0 Å². The van der Waals surface area contributed by atoms with E-state index in [0.717, 1.165) is 18.4 Å². The fraction of sp³-hybridized carbons (Fsp3) is 0.632. The maximum Gasteiger partial charge on any atom is 0.251 e. The molecule has 7 heteroatoms. The largest absolute Gasteiger partial charge is 0.368 e. The minimum atomic E-state index is -3.53. The quantitative estimate of drug-likeness (QED) is 0.804. The smallest absolute Gasteiger partial charge is 0.251 e. The van der Waals surface area contributed by atoms with E-state index in [-0.39, 0.29) is 17.4 Å². The second kappa shape index (κ2) is 7.29. The first-order valence-electron chi connectivity index (χ1n) is 9.21. The molecule has 3 rings (SSSR count). The average molecular weight is 381 g/mol. The lowest BCUT2D eigenvalue weighted by atomic mass is 9.87. The number of rotatable bonds is 3. The van der Waals surface area contributed by atoms with Gasteiger partial charge >= 0.3 is 0 Å². The summed E-state index contributed by atoms with van der Waals surface area (Å²) in [6, 6.07) is 7.12. The molecule has 0 unspecified atom stereocenters. The van der Waals surface area contributed by atoms with Crippen LogP contribution < -0.4 is 0 Å². The molecular formula is C19H28N2O4S. The van der Waals surface area contributed by atoms with Gasteiger partial charge in [0, 0.05) is 32.8 Å². The van der Waals surface area contributed by atoms with E-state index < -0.39 is 10.0 Å². The number of ether oxygens (including phenoxy) is 1. The van der Waals surface area contributed by atoms with Gasteiger partial charge in [0.05, 0.1) is 4.90 Å². The SMILES string of the molecule is CC(C)(C)c1ccc(S(=O)(=O)N2CCN(C(=O)[C@@H]3CCCO3)CC2)cc1. The van der Waals surface area contributed by atoms with Gasteiger partial charge in [0.15, 0.2) is 0 Å². The molecule has 6 nitrogen and oxygen atoms in total. The van der Waals surface area contributed by atoms with Gasteiger partial charge in [-0.15, -0.1) is 0 Å². The van der Waals surface area contributed by atoms with Crippen LogP contribution in [0.25, 0.3) is 0 Å². The number of hydrogen-bond acceptors (Lipinski definition) is 4. The highest BCUT2D eigenvalue weighted by molar-refractivity contribution is 7.89. The van der Waals surface area contributed by atoms with E-state index in [1.807, 2.05) is 12.1 Å². The Hall–Kier alpha value is -1.44. The Morgan fingerprint density at radius 3 is 2.19 bits per heavy atom. The highest BCUT2D eigenvalue weighted by atomic mass is 32.2. The van der Waals surface area contributed by atoms with Crippen LogP contribution in [0.1, 0.15) is 39.2 Å². The Balaban J connectivity index is 1.65. The lowest BCUT2D eigenvalue weighted by Gasteiger charge is -2.35. The van der Waals surface area contributed by atoms with Crippen molar-refractivity contribution in [2.75, 3.05) is 32.8 Å². The predicted molar refractivity (Wildman–Crippen MR) is 99.5 cm³/mol. The molecule has 0 radical (unpaired) electrons. The minimum absolute atomic E-state index is 0.00548. The van der Waals surface area contributed by atoms with Gasteiger partial charge in [-0.1, -0.05) is 32.9 Å². The lowest BCUT2D eigenvalue weighted by Crippen LogP contribution is -2.52. The molecule has 1 amide bonds. The second-order valence-corrected chi connectivity index (χ2v) is 9.94. The van der Waals surface area contributed by atoms with Crippen molar-refractivity contribution in [3.8, 4) is 0 Å². The summed E-state index contributed by atoms with van der Waals surface area (Å²) in [5.41, 5.74) is 1.08. The molecule has 2 heterocycles. The van der Waals surface area contributed by atoms with E-state index in [4.69, 9.17) is 4.74 Å². The standard InChI is InChI=1S/C19H28N2O4S/c1-19(2,3)15-6-8-16(9-7-15)26(23,24)21-12-10-20(11-13-21)18(22)17-5-4-14-25-17/h6-9,17H,4-5,10-14H2,1-3H3/t17-/m0/s1. The molecule has 144 valence electrons. The van der Waals surface area contributed by atoms with E-state index in [0.29, 0.717) is 37.7 Å². The van der Waals surface area contributed by atoms with Crippen LogP contribution in [0.5, 0.6) is 0 Å². The summed E-state index contributed by atoms with van der Waals surface area (Å²) in [6.45, 7) is 8.40. The number of sulfonamides is 1. The average Bonchev–Trinajstić information content (AvgIpc) is 3.15. The van der Waals surface area contributed by atoms with Gasteiger partial charge in [0.1, 0.15) is 6.10 Å². The fourth-order valence-corrected chi connectivity index (χ4v) is 4.82. The minimum Gasteiger partial charge on any atom is -0.368 e. The van der Waals surface area contributed by atoms with Crippen molar-refractivity contribution in [3.05, 3.63) is 29.8 Å². The zero-order valence-electron chi connectivity index (χ0n) is 15.8. The van der Waals surface area contributed by atoms with Gasteiger partial charge in [-0.3, -0.25) is 4.79 Å². The third kappa shape index (κ3) is 3.94. The summed E-state index contributed by atoms with van der Waals surface area (Å²) in [7, 11) is -3.53. The molecule has 0 N–H and O–H groups in total. The molecule has 2 aliphatic rings. The van der Waals surface area contributed by atoms with Crippen molar-refractivity contribution >= 4 is 15.9 Å². The van der Waals surface area contributed by atoms with Crippen LogP contribution in [0.2, 0.25) is 0 Å². The predicted octanol–water partition coefficient (Wildman–Crippen LogP) is 2.00. The molecule has 26 heavy (non-hydrogen) atoms. The summed E-state index contributed by atoms with van der Waals surface area (Å²) in [5, 5.41) is 0. The Bertz CT molecular complexity index is 739. The number of piperazine rings is 1. The first-order valence-corrected chi connectivity index (χ1v) is 10.6. The van der Waals surface area contributed by atoms with Gasteiger partial charge in [0.2, 0.25) is 10.0 Å². The Labute approximate surface area is 156 Å². The van der Waals surface area contributed by atoms with Crippen molar-refractivity contribution in [1.82, 2.24) is 9.21 Å². The molecule has 2 saturated heterocycles. The fourth-order valence-electron chi connectivity index (χ4n) is 3.40. The summed E-state index contributed by atoms with van der Waals surface area (Å²) < 4.78 is 32.7. The molecular weight excluding hydrogens is 352 g/mol. The first kappa shape index (κ1) is 19.3. The number of amides is 1. The summed E-state index contributed by atoms with van der Waals surface area (Å²) in [5.74, 6) is -0.00548. The molecule has 0 saturated carbocycles. The number of hydrogen-bond donors (Lipinski definition) is 0. The van der Waals surface area contributed by atoms with E-state index >= 15 is 0 Å². The maximum absolute atomic E-state index is 12.9. The van der Waals surface area contributed by atoms with Crippen LogP contribution >= 0.6 is 0 Å². The first-order chi connectivity index (χ1) is 12.2. The van der Waals surface area contributed by atoms with Crippen LogP contribution in [-0.2, 0) is 25.0 Å². The molecule has 1 atom stereocenters. The van der Waals surface area contributed by atoms with Crippen LogP contribution in [-0.4, -0.2) is 62.4 Å². The highest BCUT2D eigenvalue weighted by Gasteiger charge is 2.34. The molecule has 1 aromatic rings. The number of nitrogens with zero attached hydrogens (tertiary/aromatic N) is 2. The van der Waals surface area contributed by atoms with Gasteiger partial charge in [0.25, 0.3) is 5.91 Å². The number of carbonyl (C=O) groups is 1. The Kier molecular flexibility index (Phi) is 5.42. The summed E-state index contributed by atoms with van der Waals surface area (Å²) in [6.07, 6.45) is 1.33. The van der Waals surface area contributed by atoms with Crippen LogP contribution in [0.3, 0.4) is 0 Å². The molecule has 0 bridgehead atoms. The Morgan fingerprint density at radius 2 is 1.69 bits per heavy atom. The summed E-state index contributed by atoms with van der Waals surface area (Å²) in [4.78, 5) is 14.4. The second-order valence-electron chi connectivity index (χ2n) is 8.01. The van der Waals surface area contributed by atoms with E-state index in [2.05, 4.69) is 20.8 Å². The lowest BCUT2D eigenvalue weighted by molar-refractivity contribution is -0.142. The normalized spacial score (nSPS) is 22.6.